The zero-order valence-corrected chi connectivity index (χ0v) is 14.0. The molecule has 1 aromatic heterocycles. The van der Waals surface area contributed by atoms with Crippen LogP contribution in [0.2, 0.25) is 0 Å². The highest BCUT2D eigenvalue weighted by molar-refractivity contribution is 7.14. The van der Waals surface area contributed by atoms with E-state index in [-0.39, 0.29) is 11.8 Å². The number of thiophene rings is 1. The first-order chi connectivity index (χ1) is 11.0. The molecule has 2 N–H and O–H groups in total. The number of fused-ring (bicyclic) bond motifs is 1. The molecule has 2 aromatic rings. The second-order valence-electron chi connectivity index (χ2n) is 5.48. The summed E-state index contributed by atoms with van der Waals surface area (Å²) in [4.78, 5) is 25.9. The lowest BCUT2D eigenvalue weighted by Crippen LogP contribution is -2.34. The van der Waals surface area contributed by atoms with E-state index in [4.69, 9.17) is 4.74 Å². The number of ether oxygens (including phenoxy) is 1. The van der Waals surface area contributed by atoms with Gasteiger partial charge < -0.3 is 15.4 Å². The van der Waals surface area contributed by atoms with Crippen LogP contribution in [-0.4, -0.2) is 17.9 Å². The van der Waals surface area contributed by atoms with Crippen molar-refractivity contribution in [2.24, 2.45) is 0 Å². The lowest BCUT2D eigenvalue weighted by molar-refractivity contribution is -0.122. The van der Waals surface area contributed by atoms with Gasteiger partial charge in [0.1, 0.15) is 5.75 Å². The Bertz CT molecular complexity index is 782. The first kappa shape index (κ1) is 15.6. The molecule has 0 saturated heterocycles. The van der Waals surface area contributed by atoms with Gasteiger partial charge in [0.2, 0.25) is 0 Å². The summed E-state index contributed by atoms with van der Waals surface area (Å²) in [6.45, 7) is 5.78. The van der Waals surface area contributed by atoms with E-state index in [0.717, 1.165) is 12.0 Å². The highest BCUT2D eigenvalue weighted by Gasteiger charge is 2.23. The van der Waals surface area contributed by atoms with E-state index in [1.165, 1.54) is 16.2 Å². The van der Waals surface area contributed by atoms with Crippen LogP contribution in [0.5, 0.6) is 5.75 Å². The molecule has 0 fully saturated rings. The Labute approximate surface area is 138 Å². The summed E-state index contributed by atoms with van der Waals surface area (Å²) in [5.41, 5.74) is 2.33. The van der Waals surface area contributed by atoms with Gasteiger partial charge in [-0.05, 0) is 50.1 Å². The molecule has 23 heavy (non-hydrogen) atoms. The molecule has 1 aliphatic rings. The van der Waals surface area contributed by atoms with Gasteiger partial charge in [-0.2, -0.15) is 0 Å². The van der Waals surface area contributed by atoms with Crippen molar-refractivity contribution in [3.8, 4) is 5.75 Å². The molecule has 5 nitrogen and oxygen atoms in total. The number of benzene rings is 1. The van der Waals surface area contributed by atoms with Gasteiger partial charge in [-0.1, -0.05) is 6.92 Å². The molecule has 1 aromatic carbocycles. The molecular formula is C17H18N2O3S. The number of aryl methyl sites for hydroxylation is 2. The Morgan fingerprint density at radius 1 is 1.39 bits per heavy atom. The monoisotopic (exact) mass is 330 g/mol. The van der Waals surface area contributed by atoms with Crippen LogP contribution in [0.15, 0.2) is 24.3 Å². The van der Waals surface area contributed by atoms with Gasteiger partial charge >= 0.3 is 0 Å². The van der Waals surface area contributed by atoms with Crippen molar-refractivity contribution in [1.82, 2.24) is 0 Å². The number of carbonyl (C=O) groups is 2. The fourth-order valence-electron chi connectivity index (χ4n) is 2.46. The molecule has 0 unspecified atom stereocenters. The molecule has 2 heterocycles. The summed E-state index contributed by atoms with van der Waals surface area (Å²) < 4.78 is 5.50. The smallest absolute Gasteiger partial charge is 0.265 e. The number of hydrogen-bond donors (Lipinski definition) is 2. The molecule has 0 saturated carbocycles. The fraction of sp³-hybridized carbons (Fsp3) is 0.294. The minimum atomic E-state index is -0.510. The molecule has 1 atom stereocenters. The fourth-order valence-corrected chi connectivity index (χ4v) is 3.47. The van der Waals surface area contributed by atoms with Crippen LogP contribution in [0.3, 0.4) is 0 Å². The first-order valence-electron chi connectivity index (χ1n) is 7.50. The van der Waals surface area contributed by atoms with E-state index in [0.29, 0.717) is 22.0 Å². The quantitative estimate of drug-likeness (QED) is 0.904. The van der Waals surface area contributed by atoms with Gasteiger partial charge in [0, 0.05) is 10.6 Å². The standard InChI is InChI=1S/C17H18N2O3S/c1-4-14-9(2)7-15(23-14)17(21)18-11-5-6-13-12(8-11)19-16(20)10(3)22-13/h5-8,10H,4H2,1-3H3,(H,18,21)(H,19,20)/t10-/m0/s1. The summed E-state index contributed by atoms with van der Waals surface area (Å²) >= 11 is 1.51. The number of anilines is 2. The third-order valence-electron chi connectivity index (χ3n) is 3.73. The van der Waals surface area contributed by atoms with Crippen LogP contribution in [0.25, 0.3) is 0 Å². The van der Waals surface area contributed by atoms with Crippen LogP contribution in [-0.2, 0) is 11.2 Å². The third-order valence-corrected chi connectivity index (χ3v) is 5.11. The SMILES string of the molecule is CCc1sc(C(=O)Nc2ccc3c(c2)NC(=O)[C@H](C)O3)cc1C. The van der Waals surface area contributed by atoms with Gasteiger partial charge in [-0.15, -0.1) is 11.3 Å². The van der Waals surface area contributed by atoms with Crippen LogP contribution in [0.4, 0.5) is 11.4 Å². The van der Waals surface area contributed by atoms with Crippen LogP contribution in [0.1, 0.15) is 34.0 Å². The van der Waals surface area contributed by atoms with E-state index >= 15 is 0 Å². The Kier molecular flexibility index (Phi) is 4.09. The largest absolute Gasteiger partial charge is 0.479 e. The summed E-state index contributed by atoms with van der Waals surface area (Å²) in [6, 6.07) is 7.13. The van der Waals surface area contributed by atoms with Gasteiger partial charge in [0.25, 0.3) is 11.8 Å². The van der Waals surface area contributed by atoms with Crippen molar-refractivity contribution in [3.05, 3.63) is 39.6 Å². The van der Waals surface area contributed by atoms with E-state index < -0.39 is 6.10 Å². The number of rotatable bonds is 3. The summed E-state index contributed by atoms with van der Waals surface area (Å²) in [5.74, 6) is 0.270. The van der Waals surface area contributed by atoms with E-state index in [1.807, 2.05) is 13.0 Å². The predicted molar refractivity (Wildman–Crippen MR) is 91.5 cm³/mol. The molecule has 0 aliphatic carbocycles. The van der Waals surface area contributed by atoms with Gasteiger partial charge in [0.15, 0.2) is 6.10 Å². The third kappa shape index (κ3) is 3.07. The lowest BCUT2D eigenvalue weighted by Gasteiger charge is -2.23. The van der Waals surface area contributed by atoms with Gasteiger partial charge in [-0.3, -0.25) is 9.59 Å². The van der Waals surface area contributed by atoms with E-state index in [1.54, 1.807) is 25.1 Å². The Hall–Kier alpha value is -2.34. The average Bonchev–Trinajstić information content (AvgIpc) is 2.90. The maximum atomic E-state index is 12.4. The Morgan fingerprint density at radius 3 is 2.87 bits per heavy atom. The maximum absolute atomic E-state index is 12.4. The predicted octanol–water partition coefficient (Wildman–Crippen LogP) is 3.59. The van der Waals surface area contributed by atoms with E-state index in [9.17, 15) is 9.59 Å². The molecule has 6 heteroatoms. The number of nitrogens with one attached hydrogen (secondary N) is 2. The van der Waals surface area contributed by atoms with Crippen molar-refractivity contribution in [2.75, 3.05) is 10.6 Å². The molecule has 0 bridgehead atoms. The topological polar surface area (TPSA) is 67.4 Å². The van der Waals surface area contributed by atoms with Gasteiger partial charge in [0.05, 0.1) is 10.6 Å². The molecule has 0 spiro atoms. The molecule has 0 radical (unpaired) electrons. The highest BCUT2D eigenvalue weighted by atomic mass is 32.1. The van der Waals surface area contributed by atoms with Gasteiger partial charge in [-0.25, -0.2) is 0 Å². The minimum Gasteiger partial charge on any atom is -0.479 e. The summed E-state index contributed by atoms with van der Waals surface area (Å²) in [6.07, 6.45) is 0.411. The zero-order valence-electron chi connectivity index (χ0n) is 13.2. The highest BCUT2D eigenvalue weighted by Crippen LogP contribution is 2.32. The van der Waals surface area contributed by atoms with Crippen molar-refractivity contribution in [3.63, 3.8) is 0 Å². The Balaban J connectivity index is 1.79. The second-order valence-corrected chi connectivity index (χ2v) is 6.62. The number of hydrogen-bond acceptors (Lipinski definition) is 4. The van der Waals surface area contributed by atoms with Crippen molar-refractivity contribution in [1.29, 1.82) is 0 Å². The van der Waals surface area contributed by atoms with Crippen LogP contribution in [0, 0.1) is 6.92 Å². The average molecular weight is 330 g/mol. The lowest BCUT2D eigenvalue weighted by atomic mass is 10.2. The van der Waals surface area contributed by atoms with E-state index in [2.05, 4.69) is 17.6 Å². The molecule has 2 amide bonds. The molecule has 1 aliphatic heterocycles. The molecule has 120 valence electrons. The number of amides is 2. The second kappa shape index (κ2) is 6.04. The normalized spacial score (nSPS) is 16.3. The van der Waals surface area contributed by atoms with Crippen molar-refractivity contribution >= 4 is 34.5 Å². The Morgan fingerprint density at radius 2 is 2.17 bits per heavy atom. The van der Waals surface area contributed by atoms with Crippen LogP contribution >= 0.6 is 11.3 Å². The van der Waals surface area contributed by atoms with Crippen LogP contribution < -0.4 is 15.4 Å². The summed E-state index contributed by atoms with van der Waals surface area (Å²) in [5, 5.41) is 5.64. The summed E-state index contributed by atoms with van der Waals surface area (Å²) in [7, 11) is 0. The number of carbonyl (C=O) groups excluding carboxylic acids is 2. The maximum Gasteiger partial charge on any atom is 0.265 e. The van der Waals surface area contributed by atoms with Crippen molar-refractivity contribution < 1.29 is 14.3 Å². The zero-order chi connectivity index (χ0) is 16.6. The molecular weight excluding hydrogens is 312 g/mol. The van der Waals surface area contributed by atoms with Crippen molar-refractivity contribution in [2.45, 2.75) is 33.3 Å². The first-order valence-corrected chi connectivity index (χ1v) is 8.31. The molecule has 3 rings (SSSR count). The minimum absolute atomic E-state index is 0.144.